The van der Waals surface area contributed by atoms with Crippen molar-refractivity contribution >= 4 is 0 Å². The second-order valence-corrected chi connectivity index (χ2v) is 6.93. The van der Waals surface area contributed by atoms with E-state index in [1.807, 2.05) is 30.3 Å². The van der Waals surface area contributed by atoms with E-state index in [9.17, 15) is 9.18 Å². The van der Waals surface area contributed by atoms with Gasteiger partial charge in [-0.1, -0.05) is 18.2 Å². The molecule has 0 aliphatic carbocycles. The summed E-state index contributed by atoms with van der Waals surface area (Å²) in [4.78, 5) is 26.2. The van der Waals surface area contributed by atoms with Crippen LogP contribution in [0.5, 0.6) is 0 Å². The van der Waals surface area contributed by atoms with Crippen LogP contribution in [0, 0.1) is 5.82 Å². The summed E-state index contributed by atoms with van der Waals surface area (Å²) in [5.41, 5.74) is 2.40. The van der Waals surface area contributed by atoms with E-state index < -0.39 is 0 Å². The Morgan fingerprint density at radius 2 is 2.04 bits per heavy atom. The van der Waals surface area contributed by atoms with Crippen molar-refractivity contribution in [1.82, 2.24) is 19.9 Å². The molecular formula is C21H21FN4O. The standard InChI is InChI=1S/C21H21FN4O/c22-17-8-6-15(7-9-17)13-26-11-3-4-16(14-26)19-12-20(27)25-21(24-19)18-5-1-2-10-23-18/h1-2,5-10,12,16H,3-4,11,13-14H2,(H,24,25,27). The van der Waals surface area contributed by atoms with Crippen LogP contribution in [0.15, 0.2) is 59.5 Å². The summed E-state index contributed by atoms with van der Waals surface area (Å²) in [6.45, 7) is 2.59. The van der Waals surface area contributed by atoms with Crippen LogP contribution in [-0.2, 0) is 6.54 Å². The van der Waals surface area contributed by atoms with Crippen molar-refractivity contribution in [2.45, 2.75) is 25.3 Å². The van der Waals surface area contributed by atoms with Crippen LogP contribution >= 0.6 is 0 Å². The maximum atomic E-state index is 13.1. The maximum absolute atomic E-state index is 13.1. The number of H-pyrrole nitrogens is 1. The average molecular weight is 364 g/mol. The molecule has 1 atom stereocenters. The number of nitrogens with one attached hydrogen (secondary N) is 1. The van der Waals surface area contributed by atoms with Crippen LogP contribution in [-0.4, -0.2) is 32.9 Å². The number of piperidine rings is 1. The molecule has 1 aliphatic heterocycles. The summed E-state index contributed by atoms with van der Waals surface area (Å²) in [5, 5.41) is 0. The van der Waals surface area contributed by atoms with Gasteiger partial charge in [0.2, 0.25) is 0 Å². The highest BCUT2D eigenvalue weighted by Crippen LogP contribution is 2.27. The van der Waals surface area contributed by atoms with Crippen molar-refractivity contribution in [3.8, 4) is 11.5 Å². The predicted octanol–water partition coefficient (Wildman–Crippen LogP) is 3.35. The number of aromatic nitrogens is 3. The third-order valence-corrected chi connectivity index (χ3v) is 4.91. The number of halogens is 1. The van der Waals surface area contributed by atoms with Crippen molar-refractivity contribution in [3.05, 3.63) is 82.2 Å². The van der Waals surface area contributed by atoms with Crippen molar-refractivity contribution < 1.29 is 4.39 Å². The SMILES string of the molecule is O=c1cc(C2CCCN(Cc3ccc(F)cc3)C2)nc(-c2ccccn2)[nH]1. The Morgan fingerprint density at radius 1 is 1.19 bits per heavy atom. The van der Waals surface area contributed by atoms with Gasteiger partial charge in [-0.15, -0.1) is 0 Å². The minimum atomic E-state index is -0.218. The van der Waals surface area contributed by atoms with Gasteiger partial charge in [0.25, 0.3) is 5.56 Å². The number of hydrogen-bond acceptors (Lipinski definition) is 4. The molecule has 6 heteroatoms. The van der Waals surface area contributed by atoms with E-state index in [0.717, 1.165) is 43.7 Å². The van der Waals surface area contributed by atoms with Crippen LogP contribution in [0.25, 0.3) is 11.5 Å². The minimum Gasteiger partial charge on any atom is -0.305 e. The highest BCUT2D eigenvalue weighted by atomic mass is 19.1. The number of likely N-dealkylation sites (tertiary alicyclic amines) is 1. The lowest BCUT2D eigenvalue weighted by Gasteiger charge is -2.32. The molecule has 0 amide bonds. The minimum absolute atomic E-state index is 0.156. The van der Waals surface area contributed by atoms with E-state index in [4.69, 9.17) is 0 Å². The van der Waals surface area contributed by atoms with Gasteiger partial charge in [0, 0.05) is 31.3 Å². The Kier molecular flexibility index (Phi) is 5.07. The Balaban J connectivity index is 1.53. The first-order chi connectivity index (χ1) is 13.2. The van der Waals surface area contributed by atoms with Gasteiger partial charge < -0.3 is 4.98 Å². The first-order valence-electron chi connectivity index (χ1n) is 9.17. The van der Waals surface area contributed by atoms with Gasteiger partial charge in [0.1, 0.15) is 11.5 Å². The van der Waals surface area contributed by atoms with Crippen LogP contribution < -0.4 is 5.56 Å². The van der Waals surface area contributed by atoms with E-state index in [0.29, 0.717) is 11.5 Å². The predicted molar refractivity (Wildman–Crippen MR) is 102 cm³/mol. The Hall–Kier alpha value is -2.86. The summed E-state index contributed by atoms with van der Waals surface area (Å²) < 4.78 is 13.1. The second-order valence-electron chi connectivity index (χ2n) is 6.93. The molecule has 0 radical (unpaired) electrons. The first-order valence-corrected chi connectivity index (χ1v) is 9.17. The number of pyridine rings is 1. The summed E-state index contributed by atoms with van der Waals surface area (Å²) in [7, 11) is 0. The molecule has 5 nitrogen and oxygen atoms in total. The summed E-state index contributed by atoms with van der Waals surface area (Å²) >= 11 is 0. The zero-order valence-electron chi connectivity index (χ0n) is 14.9. The third kappa shape index (κ3) is 4.28. The fourth-order valence-corrected chi connectivity index (χ4v) is 3.60. The van der Waals surface area contributed by atoms with Gasteiger partial charge in [-0.05, 0) is 49.2 Å². The normalized spacial score (nSPS) is 17.7. The van der Waals surface area contributed by atoms with Crippen molar-refractivity contribution in [1.29, 1.82) is 0 Å². The summed E-state index contributed by atoms with van der Waals surface area (Å²) in [6.07, 6.45) is 3.73. The fourth-order valence-electron chi connectivity index (χ4n) is 3.60. The van der Waals surface area contributed by atoms with E-state index in [2.05, 4.69) is 19.9 Å². The Labute approximate surface area is 156 Å². The largest absolute Gasteiger partial charge is 0.305 e. The van der Waals surface area contributed by atoms with E-state index >= 15 is 0 Å². The average Bonchev–Trinajstić information content (AvgIpc) is 2.70. The molecule has 1 N–H and O–H groups in total. The number of nitrogens with zero attached hydrogens (tertiary/aromatic N) is 3. The van der Waals surface area contributed by atoms with Crippen LogP contribution in [0.1, 0.15) is 30.0 Å². The lowest BCUT2D eigenvalue weighted by Crippen LogP contribution is -2.34. The topological polar surface area (TPSA) is 61.9 Å². The molecule has 3 heterocycles. The Morgan fingerprint density at radius 3 is 2.81 bits per heavy atom. The highest BCUT2D eigenvalue weighted by molar-refractivity contribution is 5.48. The van der Waals surface area contributed by atoms with Crippen LogP contribution in [0.4, 0.5) is 4.39 Å². The molecule has 0 bridgehead atoms. The molecule has 1 aliphatic rings. The lowest BCUT2D eigenvalue weighted by molar-refractivity contribution is 0.198. The molecule has 3 aromatic rings. The highest BCUT2D eigenvalue weighted by Gasteiger charge is 2.23. The molecule has 1 unspecified atom stereocenters. The van der Waals surface area contributed by atoms with Crippen LogP contribution in [0.3, 0.4) is 0 Å². The number of aromatic amines is 1. The molecule has 0 saturated carbocycles. The van der Waals surface area contributed by atoms with Gasteiger partial charge in [0.15, 0.2) is 5.82 Å². The fraction of sp³-hybridized carbons (Fsp3) is 0.286. The molecule has 138 valence electrons. The van der Waals surface area contributed by atoms with Crippen molar-refractivity contribution in [2.75, 3.05) is 13.1 Å². The quantitative estimate of drug-likeness (QED) is 0.771. The molecule has 1 saturated heterocycles. The van der Waals surface area contributed by atoms with Crippen molar-refractivity contribution in [3.63, 3.8) is 0 Å². The van der Waals surface area contributed by atoms with Gasteiger partial charge in [0.05, 0.1) is 5.69 Å². The molecule has 27 heavy (non-hydrogen) atoms. The van der Waals surface area contributed by atoms with Crippen molar-refractivity contribution in [2.24, 2.45) is 0 Å². The number of hydrogen-bond donors (Lipinski definition) is 1. The summed E-state index contributed by atoms with van der Waals surface area (Å²) in [5.74, 6) is 0.489. The molecular weight excluding hydrogens is 343 g/mol. The maximum Gasteiger partial charge on any atom is 0.251 e. The van der Waals surface area contributed by atoms with E-state index in [-0.39, 0.29) is 17.3 Å². The van der Waals surface area contributed by atoms with Gasteiger partial charge in [-0.3, -0.25) is 14.7 Å². The molecule has 4 rings (SSSR count). The molecule has 1 fully saturated rings. The van der Waals surface area contributed by atoms with Gasteiger partial charge in [-0.2, -0.15) is 0 Å². The number of rotatable bonds is 4. The second kappa shape index (κ2) is 7.80. The number of benzene rings is 1. The zero-order valence-corrected chi connectivity index (χ0v) is 14.9. The zero-order chi connectivity index (χ0) is 18.6. The van der Waals surface area contributed by atoms with Gasteiger partial charge in [-0.25, -0.2) is 9.37 Å². The third-order valence-electron chi connectivity index (χ3n) is 4.91. The Bertz CT molecular complexity index is 956. The van der Waals surface area contributed by atoms with E-state index in [1.165, 1.54) is 12.1 Å². The lowest BCUT2D eigenvalue weighted by atomic mass is 9.94. The van der Waals surface area contributed by atoms with Crippen LogP contribution in [0.2, 0.25) is 0 Å². The first kappa shape index (κ1) is 17.5. The molecule has 2 aromatic heterocycles. The molecule has 1 aromatic carbocycles. The van der Waals surface area contributed by atoms with Gasteiger partial charge >= 0.3 is 0 Å². The smallest absolute Gasteiger partial charge is 0.251 e. The monoisotopic (exact) mass is 364 g/mol. The van der Waals surface area contributed by atoms with E-state index in [1.54, 1.807) is 12.3 Å². The molecule has 0 spiro atoms. The summed E-state index contributed by atoms with van der Waals surface area (Å²) in [6, 6.07) is 13.8.